The first kappa shape index (κ1) is 18.7. The smallest absolute Gasteiger partial charge is 0.255 e. The lowest BCUT2D eigenvalue weighted by atomic mass is 10.1. The zero-order chi connectivity index (χ0) is 19.6. The van der Waals surface area contributed by atoms with Gasteiger partial charge < -0.3 is 10.6 Å². The predicted octanol–water partition coefficient (Wildman–Crippen LogP) is 3.92. The number of benzene rings is 2. The molecule has 2 N–H and O–H groups in total. The molecule has 0 saturated heterocycles. The van der Waals surface area contributed by atoms with Gasteiger partial charge >= 0.3 is 0 Å². The van der Waals surface area contributed by atoms with E-state index in [1.807, 2.05) is 0 Å². The first-order chi connectivity index (χ1) is 12.8. The highest BCUT2D eigenvalue weighted by Gasteiger charge is 2.20. The zero-order valence-electron chi connectivity index (χ0n) is 14.1. The topological polar surface area (TPSA) is 71.1 Å². The van der Waals surface area contributed by atoms with Crippen molar-refractivity contribution in [2.45, 2.75) is 13.0 Å². The largest absolute Gasteiger partial charge is 0.340 e. The Balaban J connectivity index is 1.75. The van der Waals surface area contributed by atoms with Crippen LogP contribution in [0, 0.1) is 11.6 Å². The van der Waals surface area contributed by atoms with Crippen LogP contribution in [0.25, 0.3) is 10.9 Å². The normalized spacial score (nSPS) is 11.9. The summed E-state index contributed by atoms with van der Waals surface area (Å²) in [6.45, 7) is 1.45. The molecule has 8 heteroatoms. The molecule has 27 heavy (non-hydrogen) atoms. The predicted molar refractivity (Wildman–Crippen MR) is 98.7 cm³/mol. The van der Waals surface area contributed by atoms with Crippen LogP contribution in [0.5, 0.6) is 0 Å². The second-order valence-electron chi connectivity index (χ2n) is 5.83. The average molecular weight is 390 g/mol. The van der Waals surface area contributed by atoms with E-state index in [9.17, 15) is 18.4 Å². The van der Waals surface area contributed by atoms with Crippen LogP contribution in [0.2, 0.25) is 5.15 Å². The molecule has 3 aromatic rings. The second kappa shape index (κ2) is 7.67. The lowest BCUT2D eigenvalue weighted by molar-refractivity contribution is -0.117. The zero-order valence-corrected chi connectivity index (χ0v) is 14.8. The minimum atomic E-state index is -0.961. The van der Waals surface area contributed by atoms with E-state index in [2.05, 4.69) is 15.6 Å². The number of rotatable bonds is 4. The Morgan fingerprint density at radius 1 is 1.11 bits per heavy atom. The molecule has 0 aliphatic carbocycles. The molecule has 0 spiro atoms. The highest BCUT2D eigenvalue weighted by Crippen LogP contribution is 2.21. The number of carbonyl (C=O) groups excluding carboxylic acids is 2. The molecule has 3 rings (SSSR count). The van der Waals surface area contributed by atoms with Crippen molar-refractivity contribution in [1.29, 1.82) is 0 Å². The van der Waals surface area contributed by atoms with E-state index in [4.69, 9.17) is 11.6 Å². The van der Waals surface area contributed by atoms with Gasteiger partial charge in [0.2, 0.25) is 5.91 Å². The molecule has 0 aliphatic rings. The molecule has 1 aromatic heterocycles. The van der Waals surface area contributed by atoms with Gasteiger partial charge in [-0.25, -0.2) is 13.8 Å². The van der Waals surface area contributed by atoms with Gasteiger partial charge in [-0.1, -0.05) is 23.7 Å². The SMILES string of the molecule is CC(NC(=O)c1cc2ccc(F)cc2nc1Cl)C(=O)Nc1ccccc1F. The summed E-state index contributed by atoms with van der Waals surface area (Å²) in [6.07, 6.45) is 0. The molecule has 0 saturated carbocycles. The van der Waals surface area contributed by atoms with Gasteiger partial charge in [0.05, 0.1) is 16.8 Å². The van der Waals surface area contributed by atoms with Crippen molar-refractivity contribution < 1.29 is 18.4 Å². The summed E-state index contributed by atoms with van der Waals surface area (Å²) in [6, 6.07) is 10.1. The van der Waals surface area contributed by atoms with Crippen molar-refractivity contribution >= 4 is 40.0 Å². The Labute approximate surface area is 158 Å². The molecule has 0 fully saturated rings. The Kier molecular flexibility index (Phi) is 5.32. The second-order valence-corrected chi connectivity index (χ2v) is 6.19. The summed E-state index contributed by atoms with van der Waals surface area (Å²) in [7, 11) is 0. The summed E-state index contributed by atoms with van der Waals surface area (Å²) in [5, 5.41) is 5.28. The average Bonchev–Trinajstić information content (AvgIpc) is 2.62. The molecule has 1 atom stereocenters. The highest BCUT2D eigenvalue weighted by molar-refractivity contribution is 6.33. The van der Waals surface area contributed by atoms with Crippen LogP contribution in [0.3, 0.4) is 0 Å². The number of pyridine rings is 1. The highest BCUT2D eigenvalue weighted by atomic mass is 35.5. The molecule has 0 bridgehead atoms. The molecule has 0 radical (unpaired) electrons. The van der Waals surface area contributed by atoms with Gasteiger partial charge in [-0.05, 0) is 37.3 Å². The van der Waals surface area contributed by atoms with Crippen molar-refractivity contribution in [3.05, 3.63) is 70.9 Å². The van der Waals surface area contributed by atoms with Crippen LogP contribution < -0.4 is 10.6 Å². The summed E-state index contributed by atoms with van der Waals surface area (Å²) in [4.78, 5) is 28.6. The third-order valence-corrected chi connectivity index (χ3v) is 4.14. The first-order valence-corrected chi connectivity index (χ1v) is 8.35. The molecule has 2 amide bonds. The summed E-state index contributed by atoms with van der Waals surface area (Å²) >= 11 is 6.02. The standard InChI is InChI=1S/C19H14ClF2N3O2/c1-10(18(26)25-15-5-3-2-4-14(15)22)23-19(27)13-8-11-6-7-12(21)9-16(11)24-17(13)20/h2-10H,1H3,(H,23,27)(H,25,26). The van der Waals surface area contributed by atoms with Gasteiger partial charge in [0.1, 0.15) is 22.8 Å². The van der Waals surface area contributed by atoms with E-state index < -0.39 is 29.5 Å². The number of amides is 2. The van der Waals surface area contributed by atoms with Gasteiger partial charge in [-0.3, -0.25) is 9.59 Å². The van der Waals surface area contributed by atoms with Crippen LogP contribution in [0.4, 0.5) is 14.5 Å². The number of anilines is 1. The molecule has 5 nitrogen and oxygen atoms in total. The molecular formula is C19H14ClF2N3O2. The Morgan fingerprint density at radius 3 is 2.59 bits per heavy atom. The van der Waals surface area contributed by atoms with E-state index in [1.165, 1.54) is 49.4 Å². The first-order valence-electron chi connectivity index (χ1n) is 7.97. The summed E-state index contributed by atoms with van der Waals surface area (Å²) < 4.78 is 26.9. The van der Waals surface area contributed by atoms with Crippen molar-refractivity contribution in [3.8, 4) is 0 Å². The maximum absolute atomic E-state index is 13.6. The van der Waals surface area contributed by atoms with E-state index in [1.54, 1.807) is 6.07 Å². The fraction of sp³-hybridized carbons (Fsp3) is 0.105. The number of nitrogens with one attached hydrogen (secondary N) is 2. The third kappa shape index (κ3) is 4.20. The number of hydrogen-bond acceptors (Lipinski definition) is 3. The lowest BCUT2D eigenvalue weighted by Crippen LogP contribution is -2.41. The van der Waals surface area contributed by atoms with Crippen molar-refractivity contribution in [2.24, 2.45) is 0 Å². The molecule has 138 valence electrons. The molecule has 1 heterocycles. The number of halogens is 3. The van der Waals surface area contributed by atoms with E-state index in [0.717, 1.165) is 0 Å². The lowest BCUT2D eigenvalue weighted by Gasteiger charge is -2.15. The number of fused-ring (bicyclic) bond motifs is 1. The number of para-hydroxylation sites is 1. The van der Waals surface area contributed by atoms with Crippen LogP contribution in [-0.4, -0.2) is 22.8 Å². The monoisotopic (exact) mass is 389 g/mol. The number of carbonyl (C=O) groups is 2. The minimum absolute atomic E-state index is 0.0102. The van der Waals surface area contributed by atoms with Gasteiger partial charge in [0.25, 0.3) is 5.91 Å². The summed E-state index contributed by atoms with van der Waals surface area (Å²) in [5.74, 6) is -2.28. The molecule has 0 aliphatic heterocycles. The maximum Gasteiger partial charge on any atom is 0.255 e. The molecule has 2 aromatic carbocycles. The Morgan fingerprint density at radius 2 is 1.85 bits per heavy atom. The van der Waals surface area contributed by atoms with Crippen LogP contribution in [0.1, 0.15) is 17.3 Å². The van der Waals surface area contributed by atoms with Crippen LogP contribution >= 0.6 is 11.6 Å². The van der Waals surface area contributed by atoms with Crippen LogP contribution in [0.15, 0.2) is 48.5 Å². The van der Waals surface area contributed by atoms with Crippen LogP contribution in [-0.2, 0) is 4.79 Å². The number of hydrogen-bond donors (Lipinski definition) is 2. The van der Waals surface area contributed by atoms with Gasteiger partial charge in [-0.15, -0.1) is 0 Å². The quantitative estimate of drug-likeness (QED) is 0.664. The molecule has 1 unspecified atom stereocenters. The molecular weight excluding hydrogens is 376 g/mol. The van der Waals surface area contributed by atoms with Gasteiger partial charge in [-0.2, -0.15) is 0 Å². The number of aromatic nitrogens is 1. The number of nitrogens with zero attached hydrogens (tertiary/aromatic N) is 1. The third-order valence-electron chi connectivity index (χ3n) is 3.85. The fourth-order valence-corrected chi connectivity index (χ4v) is 2.65. The minimum Gasteiger partial charge on any atom is -0.340 e. The Bertz CT molecular complexity index is 1040. The van der Waals surface area contributed by atoms with E-state index in [0.29, 0.717) is 10.9 Å². The van der Waals surface area contributed by atoms with Gasteiger partial charge in [0.15, 0.2) is 0 Å². The Hall–Kier alpha value is -3.06. The van der Waals surface area contributed by atoms with Crippen molar-refractivity contribution in [2.75, 3.05) is 5.32 Å². The maximum atomic E-state index is 13.6. The summed E-state index contributed by atoms with van der Waals surface area (Å²) in [5.41, 5.74) is 0.360. The van der Waals surface area contributed by atoms with Crippen molar-refractivity contribution in [3.63, 3.8) is 0 Å². The van der Waals surface area contributed by atoms with E-state index in [-0.39, 0.29) is 16.4 Å². The van der Waals surface area contributed by atoms with E-state index >= 15 is 0 Å². The fourth-order valence-electron chi connectivity index (χ4n) is 2.42. The van der Waals surface area contributed by atoms with Gasteiger partial charge in [0, 0.05) is 11.5 Å². The van der Waals surface area contributed by atoms with Crippen molar-refractivity contribution in [1.82, 2.24) is 10.3 Å².